The predicted molar refractivity (Wildman–Crippen MR) is 99.4 cm³/mol. The number of aromatic nitrogens is 2. The fourth-order valence-corrected chi connectivity index (χ4v) is 4.41. The zero-order valence-corrected chi connectivity index (χ0v) is 14.4. The maximum Gasteiger partial charge on any atom is 0.350 e. The summed E-state index contributed by atoms with van der Waals surface area (Å²) in [6.45, 7) is 0. The van der Waals surface area contributed by atoms with Crippen LogP contribution in [0, 0.1) is 10.1 Å². The monoisotopic (exact) mass is 370 g/mol. The van der Waals surface area contributed by atoms with Crippen LogP contribution in [0.25, 0.3) is 10.2 Å². The van der Waals surface area contributed by atoms with E-state index in [2.05, 4.69) is 10.1 Å². The quantitative estimate of drug-likeness (QED) is 0.433. The third-order valence-electron chi connectivity index (χ3n) is 4.42. The SMILES string of the molecule is O=c1[nH]c2sc3c(c2c(=O)n1N=Cc1ccc([N+](=O)[O-])cc1)CCCC3. The number of benzene rings is 1. The largest absolute Gasteiger partial charge is 0.350 e. The number of aryl methyl sites for hydroxylation is 2. The van der Waals surface area contributed by atoms with Gasteiger partial charge in [0.15, 0.2) is 0 Å². The number of non-ortho nitro benzene ring substituents is 1. The predicted octanol–water partition coefficient (Wildman–Crippen LogP) is 2.42. The topological polar surface area (TPSA) is 110 Å². The molecule has 0 aliphatic heterocycles. The van der Waals surface area contributed by atoms with Crippen LogP contribution in [0.4, 0.5) is 5.69 Å². The summed E-state index contributed by atoms with van der Waals surface area (Å²) in [4.78, 5) is 39.7. The lowest BCUT2D eigenvalue weighted by Crippen LogP contribution is -2.32. The lowest BCUT2D eigenvalue weighted by atomic mass is 9.97. The molecule has 1 aliphatic rings. The molecule has 1 aromatic carbocycles. The van der Waals surface area contributed by atoms with Gasteiger partial charge in [0.05, 0.1) is 16.5 Å². The molecule has 0 amide bonds. The van der Waals surface area contributed by atoms with E-state index >= 15 is 0 Å². The van der Waals surface area contributed by atoms with Gasteiger partial charge in [-0.15, -0.1) is 16.0 Å². The van der Waals surface area contributed by atoms with Gasteiger partial charge in [-0.2, -0.15) is 5.10 Å². The minimum atomic E-state index is -0.598. The molecule has 9 heteroatoms. The van der Waals surface area contributed by atoms with Gasteiger partial charge in [-0.3, -0.25) is 19.9 Å². The highest BCUT2D eigenvalue weighted by molar-refractivity contribution is 7.18. The zero-order valence-electron chi connectivity index (χ0n) is 13.6. The van der Waals surface area contributed by atoms with E-state index in [1.807, 2.05) is 0 Å². The Morgan fingerprint density at radius 3 is 2.65 bits per heavy atom. The minimum absolute atomic E-state index is 0.0384. The van der Waals surface area contributed by atoms with Crippen LogP contribution >= 0.6 is 11.3 Å². The molecule has 26 heavy (non-hydrogen) atoms. The van der Waals surface area contributed by atoms with Crippen molar-refractivity contribution in [2.24, 2.45) is 5.10 Å². The van der Waals surface area contributed by atoms with Gasteiger partial charge >= 0.3 is 5.69 Å². The molecule has 0 saturated carbocycles. The first-order valence-corrected chi connectivity index (χ1v) is 8.94. The molecule has 0 bridgehead atoms. The van der Waals surface area contributed by atoms with Crippen molar-refractivity contribution in [1.29, 1.82) is 0 Å². The Labute approximate surface area is 150 Å². The summed E-state index contributed by atoms with van der Waals surface area (Å²) in [7, 11) is 0. The molecule has 4 rings (SSSR count). The van der Waals surface area contributed by atoms with Gasteiger partial charge in [0.1, 0.15) is 4.83 Å². The number of nitrogens with zero attached hydrogens (tertiary/aromatic N) is 3. The average molecular weight is 370 g/mol. The van der Waals surface area contributed by atoms with E-state index < -0.39 is 16.2 Å². The van der Waals surface area contributed by atoms with Gasteiger partial charge in [-0.25, -0.2) is 4.79 Å². The maximum atomic E-state index is 12.8. The second-order valence-electron chi connectivity index (χ2n) is 6.06. The van der Waals surface area contributed by atoms with Gasteiger partial charge in [-0.1, -0.05) is 0 Å². The Morgan fingerprint density at radius 2 is 1.92 bits per heavy atom. The van der Waals surface area contributed by atoms with Crippen molar-refractivity contribution >= 4 is 33.5 Å². The van der Waals surface area contributed by atoms with Crippen molar-refractivity contribution in [2.75, 3.05) is 0 Å². The summed E-state index contributed by atoms with van der Waals surface area (Å²) >= 11 is 1.47. The van der Waals surface area contributed by atoms with Crippen molar-refractivity contribution in [3.63, 3.8) is 0 Å². The van der Waals surface area contributed by atoms with Gasteiger partial charge in [0.25, 0.3) is 11.2 Å². The van der Waals surface area contributed by atoms with Crippen molar-refractivity contribution in [2.45, 2.75) is 25.7 Å². The summed E-state index contributed by atoms with van der Waals surface area (Å²) in [5.41, 5.74) is 0.509. The number of aromatic amines is 1. The lowest BCUT2D eigenvalue weighted by molar-refractivity contribution is -0.384. The molecule has 0 fully saturated rings. The Morgan fingerprint density at radius 1 is 1.19 bits per heavy atom. The molecule has 1 aliphatic carbocycles. The van der Waals surface area contributed by atoms with Crippen molar-refractivity contribution in [1.82, 2.24) is 9.66 Å². The first-order valence-electron chi connectivity index (χ1n) is 8.13. The van der Waals surface area contributed by atoms with E-state index in [-0.39, 0.29) is 5.69 Å². The number of thiophene rings is 1. The second kappa shape index (κ2) is 6.34. The van der Waals surface area contributed by atoms with Crippen LogP contribution in [0.5, 0.6) is 0 Å². The highest BCUT2D eigenvalue weighted by atomic mass is 32.1. The summed E-state index contributed by atoms with van der Waals surface area (Å²) in [6, 6.07) is 5.69. The molecule has 0 radical (unpaired) electrons. The number of nitro benzene ring substituents is 1. The molecule has 3 aromatic rings. The molecule has 0 saturated heterocycles. The van der Waals surface area contributed by atoms with Crippen molar-refractivity contribution < 1.29 is 4.92 Å². The fourth-order valence-electron chi connectivity index (χ4n) is 3.14. The first kappa shape index (κ1) is 16.4. The molecule has 0 spiro atoms. The number of hydrogen-bond acceptors (Lipinski definition) is 6. The van der Waals surface area contributed by atoms with E-state index in [9.17, 15) is 19.7 Å². The number of fused-ring (bicyclic) bond motifs is 3. The smallest absolute Gasteiger partial charge is 0.297 e. The summed E-state index contributed by atoms with van der Waals surface area (Å²) in [6.07, 6.45) is 5.23. The summed E-state index contributed by atoms with van der Waals surface area (Å²) in [5.74, 6) is 0. The Kier molecular flexibility index (Phi) is 4.00. The van der Waals surface area contributed by atoms with E-state index in [0.717, 1.165) is 40.8 Å². The van der Waals surface area contributed by atoms with Gasteiger partial charge in [0.2, 0.25) is 0 Å². The van der Waals surface area contributed by atoms with E-state index in [1.54, 1.807) is 0 Å². The molecule has 0 atom stereocenters. The zero-order chi connectivity index (χ0) is 18.3. The number of H-pyrrole nitrogens is 1. The van der Waals surface area contributed by atoms with Gasteiger partial charge in [-0.05, 0) is 48.9 Å². The van der Waals surface area contributed by atoms with Crippen molar-refractivity contribution in [3.05, 3.63) is 71.2 Å². The normalized spacial score (nSPS) is 14.0. The van der Waals surface area contributed by atoms with Crippen LogP contribution in [0.1, 0.15) is 28.8 Å². The van der Waals surface area contributed by atoms with Crippen LogP contribution in [0.3, 0.4) is 0 Å². The molecule has 8 nitrogen and oxygen atoms in total. The standard InChI is InChI=1S/C17H14N4O4S/c22-16-14-12-3-1-2-4-13(12)26-15(14)19-17(23)20(16)18-9-10-5-7-11(8-6-10)21(24)25/h5-9H,1-4H2,(H,19,23). The number of nitro groups is 1. The average Bonchev–Trinajstić information content (AvgIpc) is 3.00. The fraction of sp³-hybridized carbons (Fsp3) is 0.235. The molecule has 132 valence electrons. The minimum Gasteiger partial charge on any atom is -0.297 e. The number of hydrogen-bond donors (Lipinski definition) is 1. The van der Waals surface area contributed by atoms with Gasteiger partial charge < -0.3 is 0 Å². The van der Waals surface area contributed by atoms with Crippen LogP contribution in [-0.4, -0.2) is 20.8 Å². The second-order valence-corrected chi connectivity index (χ2v) is 7.16. The van der Waals surface area contributed by atoms with E-state index in [1.165, 1.54) is 41.8 Å². The summed E-state index contributed by atoms with van der Waals surface area (Å²) < 4.78 is 0.811. The highest BCUT2D eigenvalue weighted by Gasteiger charge is 2.20. The van der Waals surface area contributed by atoms with Crippen LogP contribution in [-0.2, 0) is 12.8 Å². The Hall–Kier alpha value is -3.07. The lowest BCUT2D eigenvalue weighted by Gasteiger charge is -2.09. The van der Waals surface area contributed by atoms with Crippen LogP contribution in [0.2, 0.25) is 0 Å². The highest BCUT2D eigenvalue weighted by Crippen LogP contribution is 2.32. The molecule has 1 N–H and O–H groups in total. The molecular formula is C17H14N4O4S. The van der Waals surface area contributed by atoms with Crippen molar-refractivity contribution in [3.8, 4) is 0 Å². The van der Waals surface area contributed by atoms with Crippen LogP contribution < -0.4 is 11.2 Å². The first-order chi connectivity index (χ1) is 12.5. The van der Waals surface area contributed by atoms with E-state index in [0.29, 0.717) is 15.8 Å². The molecule has 2 aromatic heterocycles. The molecular weight excluding hydrogens is 356 g/mol. The molecule has 0 unspecified atom stereocenters. The number of rotatable bonds is 3. The third kappa shape index (κ3) is 2.76. The summed E-state index contributed by atoms with van der Waals surface area (Å²) in [5, 5.41) is 15.2. The van der Waals surface area contributed by atoms with Crippen LogP contribution in [0.15, 0.2) is 39.0 Å². The Balaban J connectivity index is 1.77. The Bertz CT molecular complexity index is 1150. The maximum absolute atomic E-state index is 12.8. The number of nitrogens with one attached hydrogen (secondary N) is 1. The molecule has 2 heterocycles. The third-order valence-corrected chi connectivity index (χ3v) is 5.62. The van der Waals surface area contributed by atoms with Gasteiger partial charge in [0, 0.05) is 17.0 Å². The van der Waals surface area contributed by atoms with E-state index in [4.69, 9.17) is 0 Å².